The Hall–Kier alpha value is -2.92. The molecular weight excluding hydrogens is 390 g/mol. The first kappa shape index (κ1) is 16.5. The third-order valence-electron chi connectivity index (χ3n) is 4.18. The van der Waals surface area contributed by atoms with Gasteiger partial charge in [0.2, 0.25) is 0 Å². The number of hydrogen-bond donors (Lipinski definition) is 1. The fourth-order valence-corrected chi connectivity index (χ4v) is 3.23. The van der Waals surface area contributed by atoms with Gasteiger partial charge in [-0.2, -0.15) is 0 Å². The van der Waals surface area contributed by atoms with E-state index in [9.17, 15) is 5.11 Å². The molecule has 0 aliphatic heterocycles. The summed E-state index contributed by atoms with van der Waals surface area (Å²) >= 11 is 3.43. The summed E-state index contributed by atoms with van der Waals surface area (Å²) in [7, 11) is 0. The topological polar surface area (TPSA) is 50.9 Å². The molecule has 0 aliphatic rings. The highest BCUT2D eigenvalue weighted by molar-refractivity contribution is 9.10. The number of aromatic hydroxyl groups is 1. The molecule has 0 aliphatic carbocycles. The highest BCUT2D eigenvalue weighted by Gasteiger charge is 2.05. The Morgan fingerprint density at radius 2 is 1.81 bits per heavy atom. The molecule has 0 saturated carbocycles. The maximum absolute atomic E-state index is 9.89. The minimum absolute atomic E-state index is 0.311. The number of allylic oxidation sites excluding steroid dienone is 1. The second-order valence-corrected chi connectivity index (χ2v) is 6.88. The van der Waals surface area contributed by atoms with E-state index in [1.807, 2.05) is 77.5 Å². The number of rotatable bonds is 4. The number of para-hydroxylation sites is 1. The van der Waals surface area contributed by atoms with Crippen molar-refractivity contribution in [3.05, 3.63) is 88.4 Å². The molecule has 26 heavy (non-hydrogen) atoms. The summed E-state index contributed by atoms with van der Waals surface area (Å²) in [6.45, 7) is 0. The number of phenols is 1. The quantitative estimate of drug-likeness (QED) is 0.510. The summed E-state index contributed by atoms with van der Waals surface area (Å²) in [5.41, 5.74) is 4.82. The first-order valence-corrected chi connectivity index (χ1v) is 9.05. The standard InChI is InChI=1S/C21H16BrN3O/c22-17-10-13-21(26)16(14-17)5-3-4-15-8-11-18(12-9-15)25-20-7-2-1-6-19(20)23-24-25/h1-4,6-14,26H,5H2/b4-3+. The van der Waals surface area contributed by atoms with Gasteiger partial charge in [-0.05, 0) is 60.0 Å². The van der Waals surface area contributed by atoms with E-state index in [4.69, 9.17) is 0 Å². The molecule has 4 rings (SSSR count). The van der Waals surface area contributed by atoms with Crippen molar-refractivity contribution in [3.8, 4) is 11.4 Å². The van der Waals surface area contributed by atoms with Crippen LogP contribution in [0.25, 0.3) is 22.8 Å². The van der Waals surface area contributed by atoms with Crippen LogP contribution in [0.1, 0.15) is 11.1 Å². The van der Waals surface area contributed by atoms with Gasteiger partial charge in [0.1, 0.15) is 11.3 Å². The Morgan fingerprint density at radius 1 is 1.00 bits per heavy atom. The van der Waals surface area contributed by atoms with Gasteiger partial charge in [-0.3, -0.25) is 0 Å². The van der Waals surface area contributed by atoms with E-state index in [0.29, 0.717) is 12.2 Å². The van der Waals surface area contributed by atoms with Crippen LogP contribution in [0.3, 0.4) is 0 Å². The molecule has 1 N–H and O–H groups in total. The van der Waals surface area contributed by atoms with Gasteiger partial charge in [0.15, 0.2) is 0 Å². The lowest BCUT2D eigenvalue weighted by molar-refractivity contribution is 0.469. The lowest BCUT2D eigenvalue weighted by Gasteiger charge is -2.03. The smallest absolute Gasteiger partial charge is 0.119 e. The Labute approximate surface area is 159 Å². The number of phenolic OH excluding ortho intramolecular Hbond substituents is 1. The summed E-state index contributed by atoms with van der Waals surface area (Å²) in [5.74, 6) is 0.311. The van der Waals surface area contributed by atoms with E-state index in [2.05, 4.69) is 26.2 Å². The summed E-state index contributed by atoms with van der Waals surface area (Å²) in [6, 6.07) is 21.5. The number of benzene rings is 3. The van der Waals surface area contributed by atoms with Crippen LogP contribution in [-0.4, -0.2) is 20.1 Å². The molecule has 1 aromatic heterocycles. The van der Waals surface area contributed by atoms with E-state index in [1.54, 1.807) is 6.07 Å². The number of nitrogens with zero attached hydrogens (tertiary/aromatic N) is 3. The second kappa shape index (κ2) is 7.14. The average molecular weight is 406 g/mol. The van der Waals surface area contributed by atoms with Crippen molar-refractivity contribution in [3.63, 3.8) is 0 Å². The zero-order valence-corrected chi connectivity index (χ0v) is 15.5. The van der Waals surface area contributed by atoms with Gasteiger partial charge < -0.3 is 5.11 Å². The molecule has 0 radical (unpaired) electrons. The predicted molar refractivity (Wildman–Crippen MR) is 107 cm³/mol. The molecule has 0 amide bonds. The molecule has 1 heterocycles. The highest BCUT2D eigenvalue weighted by Crippen LogP contribution is 2.23. The number of fused-ring (bicyclic) bond motifs is 1. The van der Waals surface area contributed by atoms with Crippen molar-refractivity contribution < 1.29 is 5.11 Å². The van der Waals surface area contributed by atoms with Crippen molar-refractivity contribution in [1.29, 1.82) is 0 Å². The number of aromatic nitrogens is 3. The maximum atomic E-state index is 9.89. The van der Waals surface area contributed by atoms with E-state index in [-0.39, 0.29) is 0 Å². The minimum atomic E-state index is 0.311. The summed E-state index contributed by atoms with van der Waals surface area (Å²) in [4.78, 5) is 0. The van der Waals surface area contributed by atoms with E-state index in [1.165, 1.54) is 0 Å². The fraction of sp³-hybridized carbons (Fsp3) is 0.0476. The van der Waals surface area contributed by atoms with Crippen LogP contribution in [0.5, 0.6) is 5.75 Å². The van der Waals surface area contributed by atoms with Crippen LogP contribution in [0, 0.1) is 0 Å². The third-order valence-corrected chi connectivity index (χ3v) is 4.67. The Bertz CT molecular complexity index is 1080. The zero-order valence-electron chi connectivity index (χ0n) is 13.9. The van der Waals surface area contributed by atoms with Crippen LogP contribution in [-0.2, 0) is 6.42 Å². The number of hydrogen-bond acceptors (Lipinski definition) is 3. The normalized spacial score (nSPS) is 11.4. The molecule has 3 aromatic carbocycles. The van der Waals surface area contributed by atoms with Gasteiger partial charge in [0, 0.05) is 4.47 Å². The van der Waals surface area contributed by atoms with E-state index in [0.717, 1.165) is 32.3 Å². The molecule has 0 bridgehead atoms. The Morgan fingerprint density at radius 3 is 2.65 bits per heavy atom. The molecule has 0 atom stereocenters. The molecular formula is C21H16BrN3O. The van der Waals surface area contributed by atoms with Crippen LogP contribution >= 0.6 is 15.9 Å². The number of halogens is 1. The average Bonchev–Trinajstić information content (AvgIpc) is 3.09. The monoisotopic (exact) mass is 405 g/mol. The molecule has 4 aromatic rings. The largest absolute Gasteiger partial charge is 0.508 e. The van der Waals surface area contributed by atoms with Gasteiger partial charge in [-0.1, -0.05) is 57.6 Å². The van der Waals surface area contributed by atoms with Crippen molar-refractivity contribution in [2.24, 2.45) is 0 Å². The van der Waals surface area contributed by atoms with Gasteiger partial charge in [0.05, 0.1) is 11.2 Å². The van der Waals surface area contributed by atoms with Gasteiger partial charge in [0.25, 0.3) is 0 Å². The lowest BCUT2D eigenvalue weighted by atomic mass is 10.1. The first-order chi connectivity index (χ1) is 12.7. The second-order valence-electron chi connectivity index (χ2n) is 5.96. The summed E-state index contributed by atoms with van der Waals surface area (Å²) < 4.78 is 2.80. The molecule has 128 valence electrons. The third kappa shape index (κ3) is 3.39. The van der Waals surface area contributed by atoms with Crippen molar-refractivity contribution in [1.82, 2.24) is 15.0 Å². The molecule has 5 heteroatoms. The van der Waals surface area contributed by atoms with Crippen LogP contribution in [0.2, 0.25) is 0 Å². The van der Waals surface area contributed by atoms with E-state index >= 15 is 0 Å². The summed E-state index contributed by atoms with van der Waals surface area (Å²) in [6.07, 6.45) is 4.76. The first-order valence-electron chi connectivity index (χ1n) is 8.25. The van der Waals surface area contributed by atoms with Crippen LogP contribution < -0.4 is 0 Å². The zero-order chi connectivity index (χ0) is 17.9. The van der Waals surface area contributed by atoms with E-state index < -0.39 is 0 Å². The van der Waals surface area contributed by atoms with Gasteiger partial charge >= 0.3 is 0 Å². The van der Waals surface area contributed by atoms with Crippen molar-refractivity contribution in [2.75, 3.05) is 0 Å². The fourth-order valence-electron chi connectivity index (χ4n) is 2.83. The lowest BCUT2D eigenvalue weighted by Crippen LogP contribution is -1.96. The predicted octanol–water partition coefficient (Wildman–Crippen LogP) is 5.14. The molecule has 0 fully saturated rings. The highest BCUT2D eigenvalue weighted by atomic mass is 79.9. The van der Waals surface area contributed by atoms with Crippen LogP contribution in [0.4, 0.5) is 0 Å². The molecule has 0 unspecified atom stereocenters. The maximum Gasteiger partial charge on any atom is 0.119 e. The molecule has 4 nitrogen and oxygen atoms in total. The minimum Gasteiger partial charge on any atom is -0.508 e. The summed E-state index contributed by atoms with van der Waals surface area (Å²) in [5, 5.41) is 18.3. The van der Waals surface area contributed by atoms with Gasteiger partial charge in [-0.15, -0.1) is 5.10 Å². The Balaban J connectivity index is 1.52. The van der Waals surface area contributed by atoms with Crippen molar-refractivity contribution >= 4 is 33.0 Å². The molecule has 0 spiro atoms. The Kier molecular flexibility index (Phi) is 4.54. The van der Waals surface area contributed by atoms with Crippen LogP contribution in [0.15, 0.2) is 77.3 Å². The molecule has 0 saturated heterocycles. The van der Waals surface area contributed by atoms with Gasteiger partial charge in [-0.25, -0.2) is 4.68 Å². The van der Waals surface area contributed by atoms with Crippen molar-refractivity contribution in [2.45, 2.75) is 6.42 Å². The SMILES string of the molecule is Oc1ccc(Br)cc1C/C=C/c1ccc(-n2nnc3ccccc32)cc1.